The Morgan fingerprint density at radius 1 is 1.18 bits per heavy atom. The molecular weight excluding hydrogens is 435 g/mol. The number of nitrogens with zero attached hydrogens (tertiary/aromatic N) is 4. The van der Waals surface area contributed by atoms with E-state index in [1.807, 2.05) is 16.8 Å². The average Bonchev–Trinajstić information content (AvgIpc) is 3.17. The van der Waals surface area contributed by atoms with Crippen molar-refractivity contribution in [3.8, 4) is 34.6 Å². The smallest absolute Gasteiger partial charge is 0.296 e. The van der Waals surface area contributed by atoms with Gasteiger partial charge in [0.05, 0.1) is 11.4 Å². The van der Waals surface area contributed by atoms with Gasteiger partial charge in [0.25, 0.3) is 5.91 Å². The molecule has 4 aromatic rings. The van der Waals surface area contributed by atoms with E-state index in [1.165, 1.54) is 18.5 Å². The van der Waals surface area contributed by atoms with Crippen molar-refractivity contribution in [3.05, 3.63) is 60.7 Å². The van der Waals surface area contributed by atoms with Gasteiger partial charge in [-0.05, 0) is 62.1 Å². The molecule has 0 saturated heterocycles. The molecule has 0 bridgehead atoms. The third-order valence-electron chi connectivity index (χ3n) is 5.71. The molecule has 2 aromatic carbocycles. The molecule has 2 heterocycles. The van der Waals surface area contributed by atoms with Crippen molar-refractivity contribution < 1.29 is 13.9 Å². The Morgan fingerprint density at radius 3 is 2.71 bits per heavy atom. The summed E-state index contributed by atoms with van der Waals surface area (Å²) >= 11 is 0. The first kappa shape index (κ1) is 21.4. The molecule has 0 spiro atoms. The van der Waals surface area contributed by atoms with Crippen LogP contribution in [-0.4, -0.2) is 31.7 Å². The number of halogens is 1. The largest absolute Gasteiger partial charge is 0.457 e. The number of benzene rings is 2. The zero-order valence-corrected chi connectivity index (χ0v) is 18.3. The van der Waals surface area contributed by atoms with E-state index in [-0.39, 0.29) is 23.8 Å². The van der Waals surface area contributed by atoms with Crippen LogP contribution in [0.3, 0.4) is 0 Å². The molecule has 8 nitrogen and oxygen atoms in total. The van der Waals surface area contributed by atoms with Crippen LogP contribution in [-0.2, 0) is 4.79 Å². The van der Waals surface area contributed by atoms with Gasteiger partial charge < -0.3 is 15.8 Å². The van der Waals surface area contributed by atoms with Crippen LogP contribution in [0.2, 0.25) is 0 Å². The molecule has 9 heteroatoms. The molecule has 2 aromatic heterocycles. The number of carbonyl (C=O) groups excluding carboxylic acids is 1. The summed E-state index contributed by atoms with van der Waals surface area (Å²) in [7, 11) is 0. The van der Waals surface area contributed by atoms with Crippen LogP contribution in [0.1, 0.15) is 25.8 Å². The first-order chi connectivity index (χ1) is 16.5. The quantitative estimate of drug-likeness (QED) is 0.442. The molecule has 3 N–H and O–H groups in total. The molecule has 5 rings (SSSR count). The highest BCUT2D eigenvalue weighted by atomic mass is 19.1. The lowest BCUT2D eigenvalue weighted by Gasteiger charge is -2.35. The van der Waals surface area contributed by atoms with Crippen molar-refractivity contribution in [3.63, 3.8) is 0 Å². The average molecular weight is 456 g/mol. The van der Waals surface area contributed by atoms with E-state index in [0.717, 1.165) is 18.4 Å². The normalized spacial score (nSPS) is 16.9. The highest BCUT2D eigenvalue weighted by molar-refractivity contribution is 5.98. The maximum atomic E-state index is 13.4. The Morgan fingerprint density at radius 2 is 1.97 bits per heavy atom. The van der Waals surface area contributed by atoms with Crippen LogP contribution in [0.15, 0.2) is 54.9 Å². The Labute approximate surface area is 195 Å². The molecular formula is C25H21FN6O2. The third-order valence-corrected chi connectivity index (χ3v) is 5.71. The lowest BCUT2D eigenvalue weighted by Crippen LogP contribution is -2.44. The molecule has 1 aliphatic carbocycles. The van der Waals surface area contributed by atoms with Crippen LogP contribution in [0, 0.1) is 17.7 Å². The number of anilines is 1. The van der Waals surface area contributed by atoms with Gasteiger partial charge >= 0.3 is 0 Å². The molecule has 170 valence electrons. The highest BCUT2D eigenvalue weighted by Gasteiger charge is 2.34. The van der Waals surface area contributed by atoms with Gasteiger partial charge in [0.1, 0.15) is 35.2 Å². The van der Waals surface area contributed by atoms with Gasteiger partial charge in [0.15, 0.2) is 5.65 Å². The van der Waals surface area contributed by atoms with Gasteiger partial charge in [-0.25, -0.2) is 19.0 Å². The van der Waals surface area contributed by atoms with Crippen molar-refractivity contribution in [2.75, 3.05) is 5.73 Å². The van der Waals surface area contributed by atoms with E-state index >= 15 is 0 Å². The number of nitrogens with two attached hydrogens (primary N) is 1. The minimum Gasteiger partial charge on any atom is -0.457 e. The fourth-order valence-electron chi connectivity index (χ4n) is 4.04. The summed E-state index contributed by atoms with van der Waals surface area (Å²) in [4.78, 5) is 20.3. The van der Waals surface area contributed by atoms with Crippen molar-refractivity contribution in [1.82, 2.24) is 25.1 Å². The Hall–Kier alpha value is -4.45. The second-order valence-electron chi connectivity index (χ2n) is 8.01. The standard InChI is InChI=1S/C25H21FN6O2/c1-2-4-21(33)30-17-12-18(13-17)32-25-22(24(27)28-14-29-25)23(31-32)15-7-9-19(10-8-15)34-20-6-3-5-16(26)11-20/h3,5-11,14,17-18H,12-13H2,1H3,(H,30,33)(H2,27,28,29). The Kier molecular flexibility index (Phi) is 5.55. The third kappa shape index (κ3) is 4.13. The van der Waals surface area contributed by atoms with E-state index in [9.17, 15) is 9.18 Å². The number of aromatic nitrogens is 4. The number of hydrogen-bond donors (Lipinski definition) is 2. The number of hydrogen-bond acceptors (Lipinski definition) is 6. The van der Waals surface area contributed by atoms with Crippen molar-refractivity contribution in [1.29, 1.82) is 0 Å². The van der Waals surface area contributed by atoms with Crippen molar-refractivity contribution in [2.45, 2.75) is 31.8 Å². The van der Waals surface area contributed by atoms with Gasteiger partial charge in [0, 0.05) is 17.7 Å². The lowest BCUT2D eigenvalue weighted by atomic mass is 9.87. The van der Waals surface area contributed by atoms with Gasteiger partial charge in [0.2, 0.25) is 0 Å². The summed E-state index contributed by atoms with van der Waals surface area (Å²) in [6.07, 6.45) is 2.86. The molecule has 1 aliphatic rings. The van der Waals surface area contributed by atoms with E-state index in [0.29, 0.717) is 34.0 Å². The van der Waals surface area contributed by atoms with Crippen molar-refractivity contribution in [2.24, 2.45) is 0 Å². The summed E-state index contributed by atoms with van der Waals surface area (Å²) in [5.41, 5.74) is 8.33. The van der Waals surface area contributed by atoms with E-state index < -0.39 is 0 Å². The second kappa shape index (κ2) is 8.83. The minimum absolute atomic E-state index is 0.0412. The van der Waals surface area contributed by atoms with Crippen LogP contribution >= 0.6 is 0 Å². The summed E-state index contributed by atoms with van der Waals surface area (Å²) < 4.78 is 21.0. The van der Waals surface area contributed by atoms with Crippen molar-refractivity contribution >= 4 is 22.8 Å². The zero-order chi connectivity index (χ0) is 23.7. The summed E-state index contributed by atoms with van der Waals surface area (Å²) in [5.74, 6) is 5.78. The van der Waals surface area contributed by atoms with Crippen LogP contribution in [0.5, 0.6) is 11.5 Å². The summed E-state index contributed by atoms with van der Waals surface area (Å²) in [6.45, 7) is 1.63. The number of rotatable bonds is 5. The fourth-order valence-corrected chi connectivity index (χ4v) is 4.04. The maximum absolute atomic E-state index is 13.4. The van der Waals surface area contributed by atoms with Crippen LogP contribution in [0.25, 0.3) is 22.3 Å². The monoisotopic (exact) mass is 456 g/mol. The predicted molar refractivity (Wildman–Crippen MR) is 125 cm³/mol. The first-order valence-electron chi connectivity index (χ1n) is 10.8. The SMILES string of the molecule is CC#CC(=O)NC1CC(n2nc(-c3ccc(Oc4cccc(F)c4)cc3)c3c(N)ncnc32)C1. The van der Waals surface area contributed by atoms with Gasteiger partial charge in [-0.2, -0.15) is 5.10 Å². The number of amides is 1. The number of ether oxygens (including phenoxy) is 1. The van der Waals surface area contributed by atoms with Crippen LogP contribution < -0.4 is 15.8 Å². The first-order valence-corrected chi connectivity index (χ1v) is 10.8. The number of nitrogen functional groups attached to an aromatic ring is 1. The van der Waals surface area contributed by atoms with E-state index in [1.54, 1.807) is 31.2 Å². The van der Waals surface area contributed by atoms with Crippen LogP contribution in [0.4, 0.5) is 10.2 Å². The number of carbonyl (C=O) groups is 1. The molecule has 0 radical (unpaired) electrons. The van der Waals surface area contributed by atoms with E-state index in [2.05, 4.69) is 27.1 Å². The predicted octanol–water partition coefficient (Wildman–Crippen LogP) is 3.85. The summed E-state index contributed by atoms with van der Waals surface area (Å²) in [6, 6.07) is 13.4. The van der Waals surface area contributed by atoms with Gasteiger partial charge in [-0.15, -0.1) is 0 Å². The lowest BCUT2D eigenvalue weighted by molar-refractivity contribution is -0.117. The molecule has 0 atom stereocenters. The molecule has 1 fully saturated rings. The zero-order valence-electron chi connectivity index (χ0n) is 18.3. The Bertz CT molecular complexity index is 1430. The van der Waals surface area contributed by atoms with E-state index in [4.69, 9.17) is 15.6 Å². The van der Waals surface area contributed by atoms with Gasteiger partial charge in [-0.1, -0.05) is 12.0 Å². The second-order valence-corrected chi connectivity index (χ2v) is 8.01. The van der Waals surface area contributed by atoms with Gasteiger partial charge in [-0.3, -0.25) is 4.79 Å². The fraction of sp³-hybridized carbons (Fsp3) is 0.200. The topological polar surface area (TPSA) is 108 Å². The molecule has 1 amide bonds. The molecule has 0 unspecified atom stereocenters. The molecule has 1 saturated carbocycles. The summed E-state index contributed by atoms with van der Waals surface area (Å²) in [5, 5.41) is 8.39. The maximum Gasteiger partial charge on any atom is 0.296 e. The molecule has 0 aliphatic heterocycles. The molecule has 34 heavy (non-hydrogen) atoms. The number of fused-ring (bicyclic) bond motifs is 1. The highest BCUT2D eigenvalue weighted by Crippen LogP contribution is 2.38. The minimum atomic E-state index is -0.363. The Balaban J connectivity index is 1.41. The number of nitrogens with one attached hydrogen (secondary N) is 1.